The zero-order valence-corrected chi connectivity index (χ0v) is 24.8. The lowest BCUT2D eigenvalue weighted by Gasteiger charge is -2.36. The molecule has 39 heavy (non-hydrogen) atoms. The van der Waals surface area contributed by atoms with Gasteiger partial charge in [0.1, 0.15) is 0 Å². The summed E-state index contributed by atoms with van der Waals surface area (Å²) in [7, 11) is 1.93. The highest BCUT2D eigenvalue weighted by Gasteiger charge is 2.38. The molecule has 1 fully saturated rings. The van der Waals surface area contributed by atoms with E-state index in [9.17, 15) is 4.79 Å². The highest BCUT2D eigenvalue weighted by molar-refractivity contribution is 5.81. The molecule has 1 aliphatic heterocycles. The molecule has 202 valence electrons. The zero-order chi connectivity index (χ0) is 28.0. The summed E-state index contributed by atoms with van der Waals surface area (Å²) in [6.45, 7) is 15.9. The Morgan fingerprint density at radius 3 is 1.82 bits per heavy atom. The van der Waals surface area contributed by atoms with E-state index in [-0.39, 0.29) is 18.0 Å². The van der Waals surface area contributed by atoms with Crippen LogP contribution in [0.2, 0.25) is 0 Å². The number of carbonyl (C=O) groups is 1. The number of likely N-dealkylation sites (N-methyl/N-ethyl adjacent to an activating group) is 1. The number of nitrogens with one attached hydrogen (secondary N) is 1. The number of aryl methyl sites for hydroxylation is 6. The van der Waals surface area contributed by atoms with Crippen molar-refractivity contribution in [3.8, 4) is 11.1 Å². The molecule has 3 nitrogen and oxygen atoms in total. The van der Waals surface area contributed by atoms with Crippen LogP contribution in [0.5, 0.6) is 0 Å². The van der Waals surface area contributed by atoms with E-state index < -0.39 is 0 Å². The fourth-order valence-electron chi connectivity index (χ4n) is 7.16. The van der Waals surface area contributed by atoms with Gasteiger partial charge in [-0.2, -0.15) is 0 Å². The summed E-state index contributed by atoms with van der Waals surface area (Å²) in [6.07, 6.45) is 5.61. The summed E-state index contributed by atoms with van der Waals surface area (Å²) < 4.78 is 0. The van der Waals surface area contributed by atoms with Gasteiger partial charge in [0.25, 0.3) is 0 Å². The molecule has 0 aromatic heterocycles. The van der Waals surface area contributed by atoms with Gasteiger partial charge in [0.05, 0.1) is 12.7 Å². The first-order chi connectivity index (χ1) is 18.5. The van der Waals surface area contributed by atoms with Crippen molar-refractivity contribution < 1.29 is 4.79 Å². The topological polar surface area (TPSA) is 32.3 Å². The van der Waals surface area contributed by atoms with Crippen LogP contribution in [0.4, 0.5) is 0 Å². The van der Waals surface area contributed by atoms with Crippen molar-refractivity contribution in [2.75, 3.05) is 13.6 Å². The molecular formula is C36H42N2O. The Morgan fingerprint density at radius 1 is 0.795 bits per heavy atom. The predicted octanol–water partition coefficient (Wildman–Crippen LogP) is 7.73. The van der Waals surface area contributed by atoms with Crippen molar-refractivity contribution in [1.29, 1.82) is 0 Å². The Labute approximate surface area is 234 Å². The Bertz CT molecular complexity index is 1440. The molecule has 1 heterocycles. The Morgan fingerprint density at radius 2 is 1.33 bits per heavy atom. The summed E-state index contributed by atoms with van der Waals surface area (Å²) in [5.74, 6) is 0.602. The van der Waals surface area contributed by atoms with Gasteiger partial charge in [-0.1, -0.05) is 84.3 Å². The van der Waals surface area contributed by atoms with Gasteiger partial charge >= 0.3 is 0 Å². The number of hydrogen-bond donors (Lipinski definition) is 1. The third kappa shape index (κ3) is 5.13. The summed E-state index contributed by atoms with van der Waals surface area (Å²) in [5, 5.41) is 3.53. The average Bonchev–Trinajstić information content (AvgIpc) is 3.18. The predicted molar refractivity (Wildman–Crippen MR) is 164 cm³/mol. The SMILES string of the molecule is Cc1cc(C)c(C2=CC=C([C@H](c3ccc(-c4c(C)cc(C)cc4C)cc3)C3NCC(=O)N3C)C(C)C2)c(C)c1. The van der Waals surface area contributed by atoms with Gasteiger partial charge in [-0.15, -0.1) is 0 Å². The minimum Gasteiger partial charge on any atom is -0.328 e. The van der Waals surface area contributed by atoms with Gasteiger partial charge in [0.15, 0.2) is 0 Å². The fraction of sp³-hybridized carbons (Fsp3) is 0.361. The molecule has 3 aromatic carbocycles. The number of nitrogens with zero attached hydrogens (tertiary/aromatic N) is 1. The van der Waals surface area contributed by atoms with E-state index >= 15 is 0 Å². The van der Waals surface area contributed by atoms with Crippen molar-refractivity contribution in [3.63, 3.8) is 0 Å². The van der Waals surface area contributed by atoms with E-state index in [2.05, 4.69) is 114 Å². The van der Waals surface area contributed by atoms with Crippen LogP contribution in [0.15, 0.2) is 66.3 Å². The van der Waals surface area contributed by atoms with E-state index in [0.717, 1.165) is 6.42 Å². The standard InChI is InChI=1S/C36H42N2O/c1-21-15-24(4)33(25(5)16-21)28-9-11-29(12-10-28)35(36-37-20-32(39)38(36)8)31-14-13-30(19-23(31)3)34-26(6)17-22(2)18-27(34)7/h9-18,23,35-37H,19-20H2,1-8H3/t23?,35-,36?/m0/s1. The highest BCUT2D eigenvalue weighted by Crippen LogP contribution is 2.43. The number of carbonyl (C=O) groups excluding carboxylic acids is 1. The lowest BCUT2D eigenvalue weighted by atomic mass is 9.75. The molecule has 3 aromatic rings. The van der Waals surface area contributed by atoms with Crippen LogP contribution in [0, 0.1) is 47.5 Å². The molecule has 0 bridgehead atoms. The van der Waals surface area contributed by atoms with E-state index in [4.69, 9.17) is 0 Å². The second-order valence-corrected chi connectivity index (χ2v) is 11.9. The van der Waals surface area contributed by atoms with Crippen LogP contribution in [-0.2, 0) is 4.79 Å². The maximum Gasteiger partial charge on any atom is 0.237 e. The van der Waals surface area contributed by atoms with Gasteiger partial charge in [0, 0.05) is 13.0 Å². The molecule has 3 heteroatoms. The molecule has 0 radical (unpaired) electrons. The minimum absolute atomic E-state index is 0.0577. The lowest BCUT2D eigenvalue weighted by molar-refractivity contribution is -0.126. The van der Waals surface area contributed by atoms with Gasteiger partial charge in [-0.3, -0.25) is 10.1 Å². The maximum atomic E-state index is 12.6. The molecule has 5 rings (SSSR count). The van der Waals surface area contributed by atoms with Gasteiger partial charge in [-0.25, -0.2) is 0 Å². The molecule has 1 N–H and O–H groups in total. The average molecular weight is 519 g/mol. The number of hydrogen-bond acceptors (Lipinski definition) is 2. The zero-order valence-electron chi connectivity index (χ0n) is 24.8. The number of allylic oxidation sites excluding steroid dienone is 3. The molecule has 2 unspecified atom stereocenters. The van der Waals surface area contributed by atoms with E-state index in [1.807, 2.05) is 11.9 Å². The first-order valence-electron chi connectivity index (χ1n) is 14.2. The second kappa shape index (κ2) is 10.6. The van der Waals surface area contributed by atoms with E-state index in [1.54, 1.807) is 0 Å². The highest BCUT2D eigenvalue weighted by atomic mass is 16.2. The van der Waals surface area contributed by atoms with Crippen LogP contribution in [-0.4, -0.2) is 30.6 Å². The van der Waals surface area contributed by atoms with Crippen molar-refractivity contribution >= 4 is 11.5 Å². The quantitative estimate of drug-likeness (QED) is 0.375. The van der Waals surface area contributed by atoms with Crippen LogP contribution in [0.1, 0.15) is 63.8 Å². The number of benzene rings is 3. The van der Waals surface area contributed by atoms with E-state index in [1.165, 1.54) is 66.8 Å². The Hall–Kier alpha value is -3.43. The van der Waals surface area contributed by atoms with Crippen LogP contribution in [0.3, 0.4) is 0 Å². The third-order valence-corrected chi connectivity index (χ3v) is 8.75. The van der Waals surface area contributed by atoms with Gasteiger partial charge in [0.2, 0.25) is 5.91 Å². The largest absolute Gasteiger partial charge is 0.328 e. The number of amides is 1. The van der Waals surface area contributed by atoms with Crippen molar-refractivity contribution in [1.82, 2.24) is 10.2 Å². The molecule has 0 spiro atoms. The smallest absolute Gasteiger partial charge is 0.237 e. The van der Waals surface area contributed by atoms with E-state index in [0.29, 0.717) is 12.5 Å². The summed E-state index contributed by atoms with van der Waals surface area (Å²) in [4.78, 5) is 14.5. The molecule has 2 aliphatic rings. The lowest BCUT2D eigenvalue weighted by Crippen LogP contribution is -2.41. The van der Waals surface area contributed by atoms with Crippen LogP contribution < -0.4 is 5.32 Å². The minimum atomic E-state index is -0.0577. The maximum absolute atomic E-state index is 12.6. The van der Waals surface area contributed by atoms with Gasteiger partial charge < -0.3 is 4.90 Å². The Balaban J connectivity index is 1.56. The molecule has 0 saturated carbocycles. The van der Waals surface area contributed by atoms with Crippen molar-refractivity contribution in [3.05, 3.63) is 111 Å². The summed E-state index contributed by atoms with van der Waals surface area (Å²) in [5.41, 5.74) is 15.9. The van der Waals surface area contributed by atoms with Crippen LogP contribution >= 0.6 is 0 Å². The van der Waals surface area contributed by atoms with Gasteiger partial charge in [-0.05, 0) is 104 Å². The summed E-state index contributed by atoms with van der Waals surface area (Å²) >= 11 is 0. The third-order valence-electron chi connectivity index (χ3n) is 8.75. The molecular weight excluding hydrogens is 476 g/mol. The Kier molecular flexibility index (Phi) is 7.39. The molecule has 1 amide bonds. The van der Waals surface area contributed by atoms with Crippen molar-refractivity contribution in [2.45, 2.75) is 67.0 Å². The number of rotatable bonds is 5. The monoisotopic (exact) mass is 518 g/mol. The fourth-order valence-corrected chi connectivity index (χ4v) is 7.16. The first-order valence-corrected chi connectivity index (χ1v) is 14.2. The molecule has 1 aliphatic carbocycles. The van der Waals surface area contributed by atoms with Crippen molar-refractivity contribution in [2.24, 2.45) is 5.92 Å². The normalized spacial score (nSPS) is 20.2. The second-order valence-electron chi connectivity index (χ2n) is 11.9. The van der Waals surface area contributed by atoms with Crippen LogP contribution in [0.25, 0.3) is 16.7 Å². The first kappa shape index (κ1) is 27.1. The summed E-state index contributed by atoms with van der Waals surface area (Å²) in [6, 6.07) is 18.2. The molecule has 3 atom stereocenters. The molecule has 1 saturated heterocycles.